The minimum atomic E-state index is 0.562. The average molecular weight is 251 g/mol. The zero-order valence-corrected chi connectivity index (χ0v) is 11.0. The monoisotopic (exact) mass is 250 g/mol. The van der Waals surface area contributed by atoms with Crippen LogP contribution in [0.4, 0.5) is 0 Å². The van der Waals surface area contributed by atoms with Gasteiger partial charge >= 0.3 is 0 Å². The Balaban J connectivity index is 2.17. The molecule has 3 heteroatoms. The van der Waals surface area contributed by atoms with Gasteiger partial charge in [-0.05, 0) is 43.1 Å². The number of benzene rings is 1. The summed E-state index contributed by atoms with van der Waals surface area (Å²) in [5, 5.41) is 0.879. The molecule has 1 unspecified atom stereocenters. The van der Waals surface area contributed by atoms with Gasteiger partial charge in [-0.15, -0.1) is 0 Å². The van der Waals surface area contributed by atoms with Crippen molar-refractivity contribution in [2.24, 2.45) is 5.73 Å². The van der Waals surface area contributed by atoms with E-state index in [1.54, 1.807) is 0 Å². The Morgan fingerprint density at radius 2 is 2.35 bits per heavy atom. The summed E-state index contributed by atoms with van der Waals surface area (Å²) in [5.74, 6) is 0.583. The van der Waals surface area contributed by atoms with Gasteiger partial charge in [-0.25, -0.2) is 0 Å². The molecule has 0 bridgehead atoms. The third-order valence-corrected chi connectivity index (χ3v) is 3.63. The normalized spacial score (nSPS) is 21.5. The Bertz CT molecular complexity index is 415. The van der Waals surface area contributed by atoms with Gasteiger partial charge in [0.1, 0.15) is 0 Å². The molecule has 17 heavy (non-hydrogen) atoms. The Labute approximate surface area is 108 Å². The SMILES string of the molecule is CN1CCC(c2ccc(/C=C/CN)cc2Cl)C1. The third-order valence-electron chi connectivity index (χ3n) is 3.30. The lowest BCUT2D eigenvalue weighted by molar-refractivity contribution is 0.411. The second-order valence-corrected chi connectivity index (χ2v) is 5.07. The highest BCUT2D eigenvalue weighted by Gasteiger charge is 2.22. The Morgan fingerprint density at radius 3 is 2.94 bits per heavy atom. The highest BCUT2D eigenvalue weighted by atomic mass is 35.5. The number of rotatable bonds is 3. The van der Waals surface area contributed by atoms with Crippen LogP contribution in [0.15, 0.2) is 24.3 Å². The van der Waals surface area contributed by atoms with Crippen LogP contribution in [0.2, 0.25) is 5.02 Å². The van der Waals surface area contributed by atoms with Gasteiger partial charge in [0.15, 0.2) is 0 Å². The standard InChI is InChI=1S/C14H19ClN2/c1-17-8-6-12(10-17)13-5-4-11(3-2-7-16)9-14(13)15/h2-5,9,12H,6-8,10,16H2,1H3/b3-2+. The summed E-state index contributed by atoms with van der Waals surface area (Å²) in [5.41, 5.74) is 7.83. The van der Waals surface area contributed by atoms with Crippen molar-refractivity contribution in [3.8, 4) is 0 Å². The van der Waals surface area contributed by atoms with Crippen LogP contribution in [-0.4, -0.2) is 31.6 Å². The van der Waals surface area contributed by atoms with Crippen LogP contribution < -0.4 is 5.73 Å². The number of hydrogen-bond donors (Lipinski definition) is 1. The van der Waals surface area contributed by atoms with Gasteiger partial charge in [-0.2, -0.15) is 0 Å². The molecule has 0 amide bonds. The summed E-state index contributed by atoms with van der Waals surface area (Å²) < 4.78 is 0. The van der Waals surface area contributed by atoms with Crippen LogP contribution in [0.1, 0.15) is 23.5 Å². The van der Waals surface area contributed by atoms with Crippen LogP contribution in [-0.2, 0) is 0 Å². The van der Waals surface area contributed by atoms with Crippen LogP contribution in [0.3, 0.4) is 0 Å². The minimum absolute atomic E-state index is 0.562. The van der Waals surface area contributed by atoms with E-state index in [2.05, 4.69) is 24.1 Å². The predicted molar refractivity (Wildman–Crippen MR) is 74.4 cm³/mol. The smallest absolute Gasteiger partial charge is 0.0447 e. The van der Waals surface area contributed by atoms with Gasteiger partial charge in [0.25, 0.3) is 0 Å². The van der Waals surface area contributed by atoms with Gasteiger partial charge in [-0.1, -0.05) is 35.9 Å². The molecule has 1 aromatic carbocycles. The minimum Gasteiger partial charge on any atom is -0.327 e. The molecule has 1 aliphatic rings. The van der Waals surface area contributed by atoms with Crippen molar-refractivity contribution in [2.45, 2.75) is 12.3 Å². The number of likely N-dealkylation sites (tertiary alicyclic amines) is 1. The molecule has 1 heterocycles. The number of nitrogens with zero attached hydrogens (tertiary/aromatic N) is 1. The highest BCUT2D eigenvalue weighted by molar-refractivity contribution is 6.31. The lowest BCUT2D eigenvalue weighted by atomic mass is 9.97. The van der Waals surface area contributed by atoms with E-state index in [0.29, 0.717) is 12.5 Å². The molecule has 1 saturated heterocycles. The second-order valence-electron chi connectivity index (χ2n) is 4.67. The van der Waals surface area contributed by atoms with Crippen LogP contribution in [0, 0.1) is 0 Å². The number of halogens is 1. The summed E-state index contributed by atoms with van der Waals surface area (Å²) in [6, 6.07) is 6.30. The van der Waals surface area contributed by atoms with E-state index < -0.39 is 0 Å². The quantitative estimate of drug-likeness (QED) is 0.894. The molecular weight excluding hydrogens is 232 g/mol. The average Bonchev–Trinajstić information content (AvgIpc) is 2.73. The van der Waals surface area contributed by atoms with Gasteiger partial charge in [0.05, 0.1) is 0 Å². The molecule has 2 N–H and O–H groups in total. The first kappa shape index (κ1) is 12.6. The van der Waals surface area contributed by atoms with E-state index in [0.717, 1.165) is 23.7 Å². The lowest BCUT2D eigenvalue weighted by Crippen LogP contribution is -2.13. The van der Waals surface area contributed by atoms with E-state index in [1.165, 1.54) is 12.0 Å². The van der Waals surface area contributed by atoms with Gasteiger partial charge in [0.2, 0.25) is 0 Å². The van der Waals surface area contributed by atoms with E-state index in [9.17, 15) is 0 Å². The zero-order valence-electron chi connectivity index (χ0n) is 10.2. The first-order valence-electron chi connectivity index (χ1n) is 6.05. The van der Waals surface area contributed by atoms with E-state index in [-0.39, 0.29) is 0 Å². The fraction of sp³-hybridized carbons (Fsp3) is 0.429. The number of nitrogens with two attached hydrogens (primary N) is 1. The lowest BCUT2D eigenvalue weighted by Gasteiger charge is -2.13. The summed E-state index contributed by atoms with van der Waals surface area (Å²) >= 11 is 6.35. The maximum absolute atomic E-state index is 6.35. The Hall–Kier alpha value is -0.830. The summed E-state index contributed by atoms with van der Waals surface area (Å²) in [4.78, 5) is 2.35. The summed E-state index contributed by atoms with van der Waals surface area (Å²) in [6.45, 7) is 2.83. The van der Waals surface area contributed by atoms with Crippen molar-refractivity contribution >= 4 is 17.7 Å². The van der Waals surface area contributed by atoms with E-state index in [1.807, 2.05) is 18.2 Å². The maximum Gasteiger partial charge on any atom is 0.0447 e. The fourth-order valence-corrected chi connectivity index (χ4v) is 2.71. The molecule has 1 fully saturated rings. The first-order chi connectivity index (χ1) is 8.20. The van der Waals surface area contributed by atoms with Crippen molar-refractivity contribution < 1.29 is 0 Å². The molecule has 2 nitrogen and oxygen atoms in total. The molecule has 1 atom stereocenters. The largest absolute Gasteiger partial charge is 0.327 e. The molecule has 1 aliphatic heterocycles. The van der Waals surface area contributed by atoms with E-state index >= 15 is 0 Å². The van der Waals surface area contributed by atoms with Crippen molar-refractivity contribution in [1.82, 2.24) is 4.90 Å². The van der Waals surface area contributed by atoms with Crippen molar-refractivity contribution in [3.63, 3.8) is 0 Å². The molecule has 0 aromatic heterocycles. The number of likely N-dealkylation sites (N-methyl/N-ethyl adjacent to an activating group) is 1. The maximum atomic E-state index is 6.35. The highest BCUT2D eigenvalue weighted by Crippen LogP contribution is 2.32. The van der Waals surface area contributed by atoms with Gasteiger partial charge in [-0.3, -0.25) is 0 Å². The fourth-order valence-electron chi connectivity index (χ4n) is 2.37. The van der Waals surface area contributed by atoms with Crippen molar-refractivity contribution in [2.75, 3.05) is 26.7 Å². The van der Waals surface area contributed by atoms with Gasteiger partial charge in [0, 0.05) is 18.1 Å². The van der Waals surface area contributed by atoms with Crippen LogP contribution >= 0.6 is 11.6 Å². The Morgan fingerprint density at radius 1 is 1.53 bits per heavy atom. The van der Waals surface area contributed by atoms with Crippen LogP contribution in [0.25, 0.3) is 6.08 Å². The van der Waals surface area contributed by atoms with E-state index in [4.69, 9.17) is 17.3 Å². The topological polar surface area (TPSA) is 29.3 Å². The van der Waals surface area contributed by atoms with Crippen molar-refractivity contribution in [1.29, 1.82) is 0 Å². The zero-order chi connectivity index (χ0) is 12.3. The molecule has 0 spiro atoms. The molecule has 0 aliphatic carbocycles. The molecule has 0 saturated carbocycles. The summed E-state index contributed by atoms with van der Waals surface area (Å²) in [7, 11) is 2.16. The number of hydrogen-bond acceptors (Lipinski definition) is 2. The molecule has 0 radical (unpaired) electrons. The van der Waals surface area contributed by atoms with Crippen LogP contribution in [0.5, 0.6) is 0 Å². The molecule has 2 rings (SSSR count). The first-order valence-corrected chi connectivity index (χ1v) is 6.43. The Kier molecular flexibility index (Phi) is 4.21. The third kappa shape index (κ3) is 3.09. The van der Waals surface area contributed by atoms with Gasteiger partial charge < -0.3 is 10.6 Å². The molecule has 92 valence electrons. The van der Waals surface area contributed by atoms with Crippen molar-refractivity contribution in [3.05, 3.63) is 40.4 Å². The summed E-state index contributed by atoms with van der Waals surface area (Å²) in [6.07, 6.45) is 5.15. The second kappa shape index (κ2) is 5.67. The molecular formula is C14H19ClN2. The molecule has 1 aromatic rings. The predicted octanol–water partition coefficient (Wildman–Crippen LogP) is 2.73.